The summed E-state index contributed by atoms with van der Waals surface area (Å²) in [6.45, 7) is 0. The quantitative estimate of drug-likeness (QED) is 0.298. The monoisotopic (exact) mass is 419 g/mol. The van der Waals surface area contributed by atoms with Crippen molar-refractivity contribution in [2.75, 3.05) is 11.5 Å². The third-order valence-electron chi connectivity index (χ3n) is 3.64. The maximum atomic E-state index is 12.2. The number of nitrogens with zero attached hydrogens (tertiary/aromatic N) is 1. The number of nitrogens with two attached hydrogens (primary N) is 2. The van der Waals surface area contributed by atoms with E-state index in [1.807, 2.05) is 12.1 Å². The van der Waals surface area contributed by atoms with E-state index in [1.54, 1.807) is 42.5 Å². The zero-order valence-electron chi connectivity index (χ0n) is 14.9. The Morgan fingerprint density at radius 2 is 1.45 bits per heavy atom. The predicted molar refractivity (Wildman–Crippen MR) is 109 cm³/mol. The summed E-state index contributed by atoms with van der Waals surface area (Å²) < 4.78 is 41.3. The Morgan fingerprint density at radius 1 is 0.862 bits per heavy atom. The second-order valence-electron chi connectivity index (χ2n) is 5.91. The molecule has 0 spiro atoms. The number of hydrogen-bond acceptors (Lipinski definition) is 6. The van der Waals surface area contributed by atoms with E-state index in [0.717, 1.165) is 10.3 Å². The van der Waals surface area contributed by atoms with Crippen LogP contribution < -0.4 is 16.2 Å². The minimum absolute atomic E-state index is 0.249. The van der Waals surface area contributed by atoms with E-state index in [1.165, 1.54) is 23.5 Å². The molecule has 4 aromatic rings. The Morgan fingerprint density at radius 3 is 2.00 bits per heavy atom. The van der Waals surface area contributed by atoms with Crippen LogP contribution in [0, 0.1) is 0 Å². The molecule has 0 saturated heterocycles. The highest BCUT2D eigenvalue weighted by atomic mass is 32.1. The summed E-state index contributed by atoms with van der Waals surface area (Å²) >= 11 is 1.39. The number of rotatable bonds is 2. The third kappa shape index (κ3) is 5.76. The fourth-order valence-electron chi connectivity index (χ4n) is 2.33. The molecule has 0 unspecified atom stereocenters. The Kier molecular flexibility index (Phi) is 5.79. The molecule has 0 atom stereocenters. The molecule has 1 heterocycles. The van der Waals surface area contributed by atoms with Crippen molar-refractivity contribution in [3.8, 4) is 22.1 Å². The number of fused-ring (bicyclic) bond motifs is 1. The van der Waals surface area contributed by atoms with Gasteiger partial charge in [-0.25, -0.2) is 4.98 Å². The van der Waals surface area contributed by atoms with Crippen LogP contribution in [0.5, 0.6) is 11.5 Å². The van der Waals surface area contributed by atoms with Crippen molar-refractivity contribution < 1.29 is 23.0 Å². The minimum Gasteiger partial charge on any atom is -0.508 e. The van der Waals surface area contributed by atoms with Gasteiger partial charge in [0.1, 0.15) is 16.5 Å². The maximum absolute atomic E-state index is 12.2. The summed E-state index contributed by atoms with van der Waals surface area (Å²) in [7, 11) is 0. The standard InChI is InChI=1S/C14H9F3N2OS.C6H7NO/c15-14(16,17)20-10-5-6-12-11(7-10)19-13(21-12)8-1-3-9(18)4-2-8;7-5-1-3-6(8)4-2-5/h1-7H,18H2;1-4,8H,7H2. The van der Waals surface area contributed by atoms with Crippen LogP contribution >= 0.6 is 11.3 Å². The molecule has 5 nitrogen and oxygen atoms in total. The van der Waals surface area contributed by atoms with Gasteiger partial charge in [-0.2, -0.15) is 0 Å². The Hall–Kier alpha value is -3.46. The fourth-order valence-corrected chi connectivity index (χ4v) is 3.28. The van der Waals surface area contributed by atoms with Crippen LogP contribution in [0.3, 0.4) is 0 Å². The van der Waals surface area contributed by atoms with E-state index in [4.69, 9.17) is 16.6 Å². The van der Waals surface area contributed by atoms with Gasteiger partial charge in [-0.05, 0) is 60.7 Å². The number of anilines is 2. The molecule has 5 N–H and O–H groups in total. The highest BCUT2D eigenvalue weighted by molar-refractivity contribution is 7.21. The van der Waals surface area contributed by atoms with Gasteiger partial charge in [-0.15, -0.1) is 24.5 Å². The predicted octanol–water partition coefficient (Wildman–Crippen LogP) is 5.42. The zero-order valence-corrected chi connectivity index (χ0v) is 15.7. The number of benzene rings is 3. The molecule has 29 heavy (non-hydrogen) atoms. The summed E-state index contributed by atoms with van der Waals surface area (Å²) in [6.07, 6.45) is -4.70. The van der Waals surface area contributed by atoms with Crippen LogP contribution in [0.15, 0.2) is 66.7 Å². The summed E-state index contributed by atoms with van der Waals surface area (Å²) in [5.74, 6) is -0.0247. The molecular weight excluding hydrogens is 403 g/mol. The number of aromatic nitrogens is 1. The lowest BCUT2D eigenvalue weighted by Crippen LogP contribution is -2.16. The van der Waals surface area contributed by atoms with Crippen LogP contribution in [-0.2, 0) is 0 Å². The van der Waals surface area contributed by atoms with Crippen molar-refractivity contribution in [1.82, 2.24) is 4.98 Å². The van der Waals surface area contributed by atoms with Gasteiger partial charge in [0.2, 0.25) is 0 Å². The van der Waals surface area contributed by atoms with E-state index in [0.29, 0.717) is 21.9 Å². The molecule has 0 saturated carbocycles. The van der Waals surface area contributed by atoms with Gasteiger partial charge in [0.15, 0.2) is 0 Å². The van der Waals surface area contributed by atoms with Gasteiger partial charge >= 0.3 is 6.36 Å². The molecule has 0 bridgehead atoms. The summed E-state index contributed by atoms with van der Waals surface area (Å²) in [5, 5.41) is 9.42. The van der Waals surface area contributed by atoms with E-state index in [9.17, 15) is 13.2 Å². The molecular formula is C20H16F3N3O2S. The number of nitrogen functional groups attached to an aromatic ring is 2. The first-order valence-electron chi connectivity index (χ1n) is 8.26. The summed E-state index contributed by atoms with van der Waals surface area (Å²) in [4.78, 5) is 4.33. The van der Waals surface area contributed by atoms with Crippen molar-refractivity contribution in [2.45, 2.75) is 6.36 Å². The minimum atomic E-state index is -4.70. The fraction of sp³-hybridized carbons (Fsp3) is 0.0500. The number of alkyl halides is 3. The van der Waals surface area contributed by atoms with Crippen molar-refractivity contribution in [3.63, 3.8) is 0 Å². The molecule has 0 aliphatic carbocycles. The molecule has 0 aliphatic heterocycles. The number of thiazole rings is 1. The second-order valence-corrected chi connectivity index (χ2v) is 6.94. The van der Waals surface area contributed by atoms with Crippen LogP contribution in [0.4, 0.5) is 24.5 Å². The molecule has 0 fully saturated rings. The molecule has 4 rings (SSSR count). The van der Waals surface area contributed by atoms with E-state index >= 15 is 0 Å². The SMILES string of the molecule is Nc1ccc(-c2nc3cc(OC(F)(F)F)ccc3s2)cc1.Nc1ccc(O)cc1. The molecule has 9 heteroatoms. The van der Waals surface area contributed by atoms with Gasteiger partial charge in [0.25, 0.3) is 0 Å². The number of phenols is 1. The Bertz CT molecular complexity index is 1070. The highest BCUT2D eigenvalue weighted by Crippen LogP contribution is 2.33. The van der Waals surface area contributed by atoms with Crippen molar-refractivity contribution in [1.29, 1.82) is 0 Å². The van der Waals surface area contributed by atoms with Crippen LogP contribution in [-0.4, -0.2) is 16.5 Å². The lowest BCUT2D eigenvalue weighted by molar-refractivity contribution is -0.274. The van der Waals surface area contributed by atoms with Crippen molar-refractivity contribution in [2.24, 2.45) is 0 Å². The zero-order chi connectivity index (χ0) is 21.0. The lowest BCUT2D eigenvalue weighted by atomic mass is 10.2. The average molecular weight is 419 g/mol. The normalized spacial score (nSPS) is 11.0. The first kappa shape index (κ1) is 20.3. The Balaban J connectivity index is 0.000000252. The number of phenolic OH excluding ortho intramolecular Hbond substituents is 1. The molecule has 150 valence electrons. The maximum Gasteiger partial charge on any atom is 0.573 e. The molecule has 0 amide bonds. The summed E-state index contributed by atoms with van der Waals surface area (Å²) in [6, 6.07) is 17.7. The molecule has 0 radical (unpaired) electrons. The molecule has 3 aromatic carbocycles. The first-order chi connectivity index (χ1) is 13.7. The van der Waals surface area contributed by atoms with Gasteiger partial charge in [-0.3, -0.25) is 0 Å². The van der Waals surface area contributed by atoms with Crippen molar-refractivity contribution >= 4 is 32.9 Å². The molecule has 0 aliphatic rings. The number of halogens is 3. The second kappa shape index (κ2) is 8.27. The van der Waals surface area contributed by atoms with Gasteiger partial charge < -0.3 is 21.3 Å². The highest BCUT2D eigenvalue weighted by Gasteiger charge is 2.31. The number of aromatic hydroxyl groups is 1. The van der Waals surface area contributed by atoms with E-state index < -0.39 is 6.36 Å². The van der Waals surface area contributed by atoms with Crippen LogP contribution in [0.25, 0.3) is 20.8 Å². The van der Waals surface area contributed by atoms with Crippen LogP contribution in [0.1, 0.15) is 0 Å². The summed E-state index contributed by atoms with van der Waals surface area (Å²) in [5.41, 5.74) is 13.6. The van der Waals surface area contributed by atoms with E-state index in [-0.39, 0.29) is 11.5 Å². The van der Waals surface area contributed by atoms with Gasteiger partial charge in [-0.1, -0.05) is 0 Å². The van der Waals surface area contributed by atoms with Crippen LogP contribution in [0.2, 0.25) is 0 Å². The average Bonchev–Trinajstić information content (AvgIpc) is 3.07. The van der Waals surface area contributed by atoms with Gasteiger partial charge in [0.05, 0.1) is 10.2 Å². The first-order valence-corrected chi connectivity index (χ1v) is 9.08. The van der Waals surface area contributed by atoms with Crippen molar-refractivity contribution in [3.05, 3.63) is 66.7 Å². The largest absolute Gasteiger partial charge is 0.573 e. The number of hydrogen-bond donors (Lipinski definition) is 3. The lowest BCUT2D eigenvalue weighted by Gasteiger charge is -2.07. The third-order valence-corrected chi connectivity index (χ3v) is 4.73. The number of ether oxygens (including phenoxy) is 1. The van der Waals surface area contributed by atoms with Gasteiger partial charge in [0, 0.05) is 23.0 Å². The van der Waals surface area contributed by atoms with E-state index in [2.05, 4.69) is 9.72 Å². The Labute approximate surface area is 168 Å². The topological polar surface area (TPSA) is 94.4 Å². The smallest absolute Gasteiger partial charge is 0.508 e. The molecule has 1 aromatic heterocycles.